The molecule has 1 aliphatic rings. The van der Waals surface area contributed by atoms with Crippen LogP contribution in [0.25, 0.3) is 11.0 Å². The van der Waals surface area contributed by atoms with Gasteiger partial charge in [0.05, 0.1) is 12.1 Å². The van der Waals surface area contributed by atoms with Crippen molar-refractivity contribution in [1.29, 1.82) is 0 Å². The van der Waals surface area contributed by atoms with Crippen LogP contribution in [0, 0.1) is 11.7 Å². The Morgan fingerprint density at radius 1 is 1.02 bits per heavy atom. The zero-order valence-corrected chi connectivity index (χ0v) is 25.3. The number of nitrogens with one attached hydrogen (secondary N) is 1. The van der Waals surface area contributed by atoms with Gasteiger partial charge in [-0.25, -0.2) is 4.39 Å². The fourth-order valence-electron chi connectivity index (χ4n) is 5.51. The molecule has 0 saturated carbocycles. The number of halogens is 3. The summed E-state index contributed by atoms with van der Waals surface area (Å²) < 4.78 is 19.1. The van der Waals surface area contributed by atoms with Crippen molar-refractivity contribution >= 4 is 47.4 Å². The van der Waals surface area contributed by atoms with E-state index in [0.717, 1.165) is 60.3 Å². The van der Waals surface area contributed by atoms with E-state index in [1.807, 2.05) is 26.2 Å². The van der Waals surface area contributed by atoms with E-state index in [-0.39, 0.29) is 43.0 Å². The molecule has 0 aliphatic carbocycles. The van der Waals surface area contributed by atoms with Crippen molar-refractivity contribution in [1.82, 2.24) is 15.0 Å². The molecule has 5 rings (SSSR count). The summed E-state index contributed by atoms with van der Waals surface area (Å²) in [6, 6.07) is 20.6. The number of amides is 1. The van der Waals surface area contributed by atoms with Crippen molar-refractivity contribution in [2.75, 3.05) is 32.5 Å². The van der Waals surface area contributed by atoms with E-state index in [0.29, 0.717) is 18.2 Å². The third-order valence-corrected chi connectivity index (χ3v) is 7.61. The average Bonchev–Trinajstić information content (AvgIpc) is 3.34. The molecular formula is C32H39Cl2FN4O2. The van der Waals surface area contributed by atoms with Crippen molar-refractivity contribution in [2.45, 2.75) is 45.2 Å². The fourth-order valence-corrected chi connectivity index (χ4v) is 5.51. The van der Waals surface area contributed by atoms with Crippen molar-refractivity contribution in [2.24, 2.45) is 5.92 Å². The van der Waals surface area contributed by atoms with Crippen LogP contribution in [0.5, 0.6) is 0 Å². The molecule has 1 aromatic heterocycles. The van der Waals surface area contributed by atoms with Gasteiger partial charge in [-0.1, -0.05) is 41.6 Å². The first-order valence-corrected chi connectivity index (χ1v) is 13.8. The predicted octanol–water partition coefficient (Wildman–Crippen LogP) is 6.90. The van der Waals surface area contributed by atoms with Gasteiger partial charge in [0.1, 0.15) is 5.82 Å². The smallest absolute Gasteiger partial charge is 0.228 e. The summed E-state index contributed by atoms with van der Waals surface area (Å²) in [5.41, 5.74) is 5.61. The van der Waals surface area contributed by atoms with Gasteiger partial charge in [0.25, 0.3) is 0 Å². The normalized spacial score (nSPS) is 14.0. The number of nitrogens with zero attached hydrogens (tertiary/aromatic N) is 3. The van der Waals surface area contributed by atoms with Crippen molar-refractivity contribution in [3.05, 3.63) is 94.9 Å². The molecule has 0 bridgehead atoms. The minimum absolute atomic E-state index is 0. The number of anilines is 1. The van der Waals surface area contributed by atoms with Gasteiger partial charge in [-0.3, -0.25) is 9.69 Å². The van der Waals surface area contributed by atoms with E-state index in [1.165, 1.54) is 30.5 Å². The van der Waals surface area contributed by atoms with Crippen LogP contribution in [0.2, 0.25) is 0 Å². The second-order valence-electron chi connectivity index (χ2n) is 10.9. The topological polar surface area (TPSA) is 61.6 Å². The van der Waals surface area contributed by atoms with Gasteiger partial charge < -0.3 is 14.7 Å². The maximum Gasteiger partial charge on any atom is 0.228 e. The SMILES string of the molecule is CN(C)Cc1c(CC(=O)Nc2ccc(F)cc2)ccc2c(CCC3CCN(Cc4ccccc4)CC3)noc12.Cl.Cl. The number of hydrogen-bond donors (Lipinski definition) is 1. The predicted molar refractivity (Wildman–Crippen MR) is 167 cm³/mol. The van der Waals surface area contributed by atoms with Gasteiger partial charge in [-0.15, -0.1) is 24.8 Å². The van der Waals surface area contributed by atoms with Gasteiger partial charge in [0.2, 0.25) is 5.91 Å². The number of aryl methyl sites for hydroxylation is 1. The van der Waals surface area contributed by atoms with E-state index in [9.17, 15) is 9.18 Å². The minimum Gasteiger partial charge on any atom is -0.356 e. The lowest BCUT2D eigenvalue weighted by atomic mass is 9.90. The van der Waals surface area contributed by atoms with Crippen LogP contribution in [0.3, 0.4) is 0 Å². The summed E-state index contributed by atoms with van der Waals surface area (Å²) in [5, 5.41) is 8.37. The summed E-state index contributed by atoms with van der Waals surface area (Å²) in [7, 11) is 4.01. The van der Waals surface area contributed by atoms with Crippen LogP contribution in [0.1, 0.15) is 41.6 Å². The van der Waals surface area contributed by atoms with Gasteiger partial charge in [0, 0.05) is 29.7 Å². The maximum absolute atomic E-state index is 13.2. The first-order valence-electron chi connectivity index (χ1n) is 13.8. The van der Waals surface area contributed by atoms with Gasteiger partial charge in [-0.2, -0.15) is 0 Å². The Hall–Kier alpha value is -2.97. The highest BCUT2D eigenvalue weighted by Gasteiger charge is 2.22. The van der Waals surface area contributed by atoms with E-state index in [1.54, 1.807) is 12.1 Å². The number of hydrogen-bond acceptors (Lipinski definition) is 5. The first-order chi connectivity index (χ1) is 18.9. The zero-order chi connectivity index (χ0) is 27.2. The highest BCUT2D eigenvalue weighted by Crippen LogP contribution is 2.30. The lowest BCUT2D eigenvalue weighted by molar-refractivity contribution is -0.115. The zero-order valence-electron chi connectivity index (χ0n) is 23.6. The van der Waals surface area contributed by atoms with Crippen LogP contribution in [0.4, 0.5) is 10.1 Å². The molecule has 1 aliphatic heterocycles. The molecule has 0 spiro atoms. The Bertz CT molecular complexity index is 1390. The molecule has 1 saturated heterocycles. The second kappa shape index (κ2) is 15.3. The third-order valence-electron chi connectivity index (χ3n) is 7.61. The number of aromatic nitrogens is 1. The molecule has 0 unspecified atom stereocenters. The molecule has 220 valence electrons. The fraction of sp³-hybridized carbons (Fsp3) is 0.375. The molecule has 6 nitrogen and oxygen atoms in total. The molecule has 1 N–H and O–H groups in total. The Balaban J connectivity index is 0.00000231. The van der Waals surface area contributed by atoms with Gasteiger partial charge in [-0.05, 0) is 100 Å². The summed E-state index contributed by atoms with van der Waals surface area (Å²) in [5.74, 6) is 0.208. The quantitative estimate of drug-likeness (QED) is 0.214. The highest BCUT2D eigenvalue weighted by atomic mass is 35.5. The van der Waals surface area contributed by atoms with Crippen molar-refractivity contribution < 1.29 is 13.7 Å². The molecule has 1 fully saturated rings. The second-order valence-corrected chi connectivity index (χ2v) is 10.9. The molecule has 4 aromatic rings. The molecule has 41 heavy (non-hydrogen) atoms. The molecule has 0 radical (unpaired) electrons. The summed E-state index contributed by atoms with van der Waals surface area (Å²) >= 11 is 0. The summed E-state index contributed by atoms with van der Waals surface area (Å²) in [6.07, 6.45) is 4.62. The number of piperidine rings is 1. The van der Waals surface area contributed by atoms with E-state index in [4.69, 9.17) is 4.52 Å². The number of carbonyl (C=O) groups excluding carboxylic acids is 1. The Morgan fingerprint density at radius 2 is 1.73 bits per heavy atom. The van der Waals surface area contributed by atoms with Crippen LogP contribution in [-0.4, -0.2) is 48.0 Å². The number of fused-ring (bicyclic) bond motifs is 1. The first kappa shape index (κ1) is 32.5. The molecule has 2 heterocycles. The summed E-state index contributed by atoms with van der Waals surface area (Å²) in [6.45, 7) is 3.94. The largest absolute Gasteiger partial charge is 0.356 e. The van der Waals surface area contributed by atoms with Crippen LogP contribution in [-0.2, 0) is 30.7 Å². The molecule has 1 amide bonds. The average molecular weight is 602 g/mol. The van der Waals surface area contributed by atoms with E-state index in [2.05, 4.69) is 50.6 Å². The molecule has 0 atom stereocenters. The standard InChI is InChI=1S/C32H37FN4O2.2ClH/c1-36(2)22-29-25(20-31(38)34-27-12-10-26(33)11-13-27)9-14-28-30(35-39-32(28)29)15-8-23-16-18-37(19-17-23)21-24-6-4-3-5-7-24;;/h3-7,9-14,23H,8,15-22H2,1-2H3,(H,34,38);2*1H. The Morgan fingerprint density at radius 3 is 2.41 bits per heavy atom. The third kappa shape index (κ3) is 8.76. The Labute approximate surface area is 254 Å². The molecule has 3 aromatic carbocycles. The maximum atomic E-state index is 13.2. The van der Waals surface area contributed by atoms with Crippen LogP contribution >= 0.6 is 24.8 Å². The van der Waals surface area contributed by atoms with Gasteiger partial charge in [0.15, 0.2) is 5.58 Å². The van der Waals surface area contributed by atoms with Crippen LogP contribution in [0.15, 0.2) is 71.3 Å². The van der Waals surface area contributed by atoms with Crippen molar-refractivity contribution in [3.63, 3.8) is 0 Å². The number of rotatable bonds is 10. The minimum atomic E-state index is -0.332. The highest BCUT2D eigenvalue weighted by molar-refractivity contribution is 5.93. The van der Waals surface area contributed by atoms with Gasteiger partial charge >= 0.3 is 0 Å². The van der Waals surface area contributed by atoms with E-state index < -0.39 is 0 Å². The molecular weight excluding hydrogens is 562 g/mol. The number of likely N-dealkylation sites (tertiary alicyclic amines) is 1. The number of carbonyl (C=O) groups is 1. The van der Waals surface area contributed by atoms with Crippen molar-refractivity contribution in [3.8, 4) is 0 Å². The van der Waals surface area contributed by atoms with Crippen LogP contribution < -0.4 is 5.32 Å². The Kier molecular flexibility index (Phi) is 12.2. The lowest BCUT2D eigenvalue weighted by Crippen LogP contribution is -2.33. The van der Waals surface area contributed by atoms with E-state index >= 15 is 0 Å². The lowest BCUT2D eigenvalue weighted by Gasteiger charge is -2.32. The monoisotopic (exact) mass is 600 g/mol. The number of benzene rings is 3. The summed E-state index contributed by atoms with van der Waals surface area (Å²) in [4.78, 5) is 17.4. The molecule has 9 heteroatoms.